The van der Waals surface area contributed by atoms with E-state index >= 15 is 0 Å². The van der Waals surface area contributed by atoms with E-state index in [0.29, 0.717) is 12.8 Å². The van der Waals surface area contributed by atoms with Gasteiger partial charge >= 0.3 is 0 Å². The Morgan fingerprint density at radius 1 is 1.38 bits per heavy atom. The fourth-order valence-corrected chi connectivity index (χ4v) is 3.40. The predicted octanol–water partition coefficient (Wildman–Crippen LogP) is 2.18. The van der Waals surface area contributed by atoms with Gasteiger partial charge in [0.05, 0.1) is 10.2 Å². The van der Waals surface area contributed by atoms with Crippen LogP contribution in [0.15, 0.2) is 23.1 Å². The monoisotopic (exact) mass is 261 g/mol. The van der Waals surface area contributed by atoms with E-state index in [9.17, 15) is 18.5 Å². The Morgan fingerprint density at radius 2 is 2.00 bits per heavy atom. The van der Waals surface area contributed by atoms with Gasteiger partial charge in [-0.3, -0.25) is 10.1 Å². The number of sulfone groups is 1. The Bertz CT molecular complexity index is 551. The van der Waals surface area contributed by atoms with E-state index in [1.54, 1.807) is 0 Å². The van der Waals surface area contributed by atoms with Gasteiger partial charge in [-0.15, -0.1) is 0 Å². The molecule has 0 unspecified atom stereocenters. The maximum Gasteiger partial charge on any atom is 0.289 e. The quantitative estimate of drug-likeness (QED) is 0.617. The van der Waals surface area contributed by atoms with Crippen molar-refractivity contribution in [2.75, 3.05) is 0 Å². The number of benzene rings is 1. The summed E-state index contributed by atoms with van der Waals surface area (Å²) in [6, 6.07) is 3.62. The Hall–Kier alpha value is -1.14. The Kier molecular flexibility index (Phi) is 2.63. The van der Waals surface area contributed by atoms with Crippen molar-refractivity contribution in [2.45, 2.75) is 23.0 Å². The Balaban J connectivity index is 2.60. The van der Waals surface area contributed by atoms with E-state index in [0.717, 1.165) is 6.07 Å². The van der Waals surface area contributed by atoms with E-state index in [4.69, 9.17) is 11.6 Å². The van der Waals surface area contributed by atoms with Crippen molar-refractivity contribution in [3.05, 3.63) is 33.3 Å². The highest BCUT2D eigenvalue weighted by atomic mass is 35.5. The first-order valence-corrected chi connectivity index (χ1v) is 6.53. The first kappa shape index (κ1) is 11.3. The van der Waals surface area contributed by atoms with Crippen molar-refractivity contribution < 1.29 is 13.3 Å². The zero-order chi connectivity index (χ0) is 11.9. The van der Waals surface area contributed by atoms with Gasteiger partial charge in [0.1, 0.15) is 4.90 Å². The van der Waals surface area contributed by atoms with Crippen molar-refractivity contribution in [2.24, 2.45) is 0 Å². The summed E-state index contributed by atoms with van der Waals surface area (Å²) >= 11 is 5.61. The van der Waals surface area contributed by atoms with Gasteiger partial charge in [0.2, 0.25) is 0 Å². The lowest BCUT2D eigenvalue weighted by Crippen LogP contribution is -2.09. The molecule has 5 nitrogen and oxygen atoms in total. The molecule has 1 aliphatic rings. The van der Waals surface area contributed by atoms with Crippen LogP contribution in [0.2, 0.25) is 5.02 Å². The molecular weight excluding hydrogens is 254 g/mol. The highest BCUT2D eigenvalue weighted by molar-refractivity contribution is 7.92. The van der Waals surface area contributed by atoms with Crippen molar-refractivity contribution in [1.82, 2.24) is 0 Å². The molecule has 1 fully saturated rings. The smallest absolute Gasteiger partial charge is 0.258 e. The second-order valence-corrected chi connectivity index (χ2v) is 6.25. The highest BCUT2D eigenvalue weighted by Gasteiger charge is 2.40. The molecule has 2 rings (SSSR count). The largest absolute Gasteiger partial charge is 0.289 e. The van der Waals surface area contributed by atoms with Crippen LogP contribution in [-0.2, 0) is 9.84 Å². The van der Waals surface area contributed by atoms with Crippen LogP contribution in [-0.4, -0.2) is 18.6 Å². The predicted molar refractivity (Wildman–Crippen MR) is 58.3 cm³/mol. The molecule has 1 aromatic carbocycles. The van der Waals surface area contributed by atoms with Gasteiger partial charge in [0, 0.05) is 11.1 Å². The molecule has 0 radical (unpaired) electrons. The van der Waals surface area contributed by atoms with Gasteiger partial charge in [-0.25, -0.2) is 8.42 Å². The second-order valence-electron chi connectivity index (χ2n) is 3.61. The van der Waals surface area contributed by atoms with Crippen LogP contribution >= 0.6 is 11.6 Å². The van der Waals surface area contributed by atoms with Crippen molar-refractivity contribution >= 4 is 27.1 Å². The van der Waals surface area contributed by atoms with E-state index in [-0.39, 0.29) is 9.92 Å². The summed E-state index contributed by atoms with van der Waals surface area (Å²) in [5, 5.41) is 10.4. The second kappa shape index (κ2) is 3.71. The molecule has 1 aromatic rings. The third kappa shape index (κ3) is 1.90. The first-order chi connectivity index (χ1) is 7.43. The van der Waals surface area contributed by atoms with Gasteiger partial charge in [-0.2, -0.15) is 0 Å². The fraction of sp³-hybridized carbons (Fsp3) is 0.333. The highest BCUT2D eigenvalue weighted by Crippen LogP contribution is 2.37. The fourth-order valence-electron chi connectivity index (χ4n) is 1.43. The third-order valence-electron chi connectivity index (χ3n) is 2.39. The van der Waals surface area contributed by atoms with E-state index in [1.165, 1.54) is 12.1 Å². The van der Waals surface area contributed by atoms with Gasteiger partial charge in [-0.05, 0) is 25.0 Å². The number of nitrogens with zero attached hydrogens (tertiary/aromatic N) is 1. The van der Waals surface area contributed by atoms with E-state index in [1.807, 2.05) is 0 Å². The van der Waals surface area contributed by atoms with Crippen LogP contribution < -0.4 is 0 Å². The van der Waals surface area contributed by atoms with E-state index < -0.39 is 25.7 Å². The molecule has 7 heteroatoms. The molecule has 0 heterocycles. The maximum atomic E-state index is 11.9. The first-order valence-electron chi connectivity index (χ1n) is 4.61. The molecule has 1 saturated carbocycles. The lowest BCUT2D eigenvalue weighted by Gasteiger charge is -2.03. The molecule has 1 aliphatic carbocycles. The van der Waals surface area contributed by atoms with Gasteiger partial charge in [-0.1, -0.05) is 11.6 Å². The minimum absolute atomic E-state index is 0.154. The maximum absolute atomic E-state index is 11.9. The summed E-state index contributed by atoms with van der Waals surface area (Å²) in [7, 11) is -3.56. The van der Waals surface area contributed by atoms with Crippen LogP contribution in [0.25, 0.3) is 0 Å². The molecule has 86 valence electrons. The average Bonchev–Trinajstić information content (AvgIpc) is 3.00. The van der Waals surface area contributed by atoms with Gasteiger partial charge < -0.3 is 0 Å². The molecule has 16 heavy (non-hydrogen) atoms. The summed E-state index contributed by atoms with van der Waals surface area (Å²) in [6.07, 6.45) is 1.14. The van der Waals surface area contributed by atoms with Crippen LogP contribution in [0.1, 0.15) is 12.8 Å². The summed E-state index contributed by atoms with van der Waals surface area (Å²) in [4.78, 5) is 9.79. The lowest BCUT2D eigenvalue weighted by molar-refractivity contribution is -0.387. The summed E-state index contributed by atoms with van der Waals surface area (Å²) in [5.41, 5.74) is -0.445. The minimum atomic E-state index is -3.56. The van der Waals surface area contributed by atoms with Crippen LogP contribution in [0.5, 0.6) is 0 Å². The summed E-state index contributed by atoms with van der Waals surface area (Å²) in [6.45, 7) is 0. The minimum Gasteiger partial charge on any atom is -0.258 e. The normalized spacial score (nSPS) is 16.1. The Morgan fingerprint density at radius 3 is 2.50 bits per heavy atom. The third-order valence-corrected chi connectivity index (χ3v) is 4.93. The van der Waals surface area contributed by atoms with Gasteiger partial charge in [0.25, 0.3) is 5.69 Å². The lowest BCUT2D eigenvalue weighted by atomic mass is 10.3. The topological polar surface area (TPSA) is 77.3 Å². The van der Waals surface area contributed by atoms with Crippen LogP contribution in [0, 0.1) is 10.1 Å². The summed E-state index contributed by atoms with van der Waals surface area (Å²) in [5.74, 6) is 0. The Labute approximate surface area is 97.1 Å². The number of hydrogen-bond donors (Lipinski definition) is 0. The number of rotatable bonds is 3. The number of nitro groups is 1. The number of nitro benzene ring substituents is 1. The molecule has 0 spiro atoms. The molecule has 0 aromatic heterocycles. The average molecular weight is 262 g/mol. The zero-order valence-corrected chi connectivity index (χ0v) is 9.66. The van der Waals surface area contributed by atoms with Crippen molar-refractivity contribution in [1.29, 1.82) is 0 Å². The summed E-state index contributed by atoms with van der Waals surface area (Å²) < 4.78 is 23.8. The molecule has 0 aliphatic heterocycles. The molecule has 0 amide bonds. The molecule has 0 bridgehead atoms. The molecule has 0 saturated heterocycles. The van der Waals surface area contributed by atoms with Crippen LogP contribution in [0.3, 0.4) is 0 Å². The van der Waals surface area contributed by atoms with Crippen molar-refractivity contribution in [3.63, 3.8) is 0 Å². The molecular formula is C9H8ClNO4S. The van der Waals surface area contributed by atoms with Crippen molar-refractivity contribution in [3.8, 4) is 0 Å². The molecule has 0 atom stereocenters. The van der Waals surface area contributed by atoms with E-state index in [2.05, 4.69) is 0 Å². The van der Waals surface area contributed by atoms with Gasteiger partial charge in [0.15, 0.2) is 9.84 Å². The number of halogens is 1. The SMILES string of the molecule is O=[N+]([O-])c1cc(Cl)ccc1S(=O)(=O)C1CC1. The molecule has 0 N–H and O–H groups in total. The van der Waals surface area contributed by atoms with Crippen LogP contribution in [0.4, 0.5) is 5.69 Å². The standard InChI is InChI=1S/C9H8ClNO4S/c10-6-1-4-9(8(5-6)11(12)13)16(14,15)7-2-3-7/h1,4-5,7H,2-3H2. The number of hydrogen-bond acceptors (Lipinski definition) is 4. The zero-order valence-electron chi connectivity index (χ0n) is 8.09.